The van der Waals surface area contributed by atoms with Gasteiger partial charge in [0, 0.05) is 83.7 Å². The number of aliphatic hydroxyl groups is 1. The lowest BCUT2D eigenvalue weighted by atomic mass is 9.95. The summed E-state index contributed by atoms with van der Waals surface area (Å²) in [6.07, 6.45) is 18.5. The summed E-state index contributed by atoms with van der Waals surface area (Å²) in [7, 11) is 3.52. The molecule has 0 spiro atoms. The van der Waals surface area contributed by atoms with Crippen molar-refractivity contribution in [3.8, 4) is 0 Å². The van der Waals surface area contributed by atoms with Gasteiger partial charge in [-0.05, 0) is 160 Å². The number of hydrogen-bond donors (Lipinski definition) is 5. The molecule has 2 aliphatic rings. The Morgan fingerprint density at radius 3 is 1.61 bits per heavy atom. The van der Waals surface area contributed by atoms with E-state index in [1.54, 1.807) is 14.2 Å². The van der Waals surface area contributed by atoms with E-state index in [2.05, 4.69) is 141 Å². The Hall–Kier alpha value is -6.52. The third kappa shape index (κ3) is 10.1. The van der Waals surface area contributed by atoms with Crippen molar-refractivity contribution in [3.63, 3.8) is 0 Å². The van der Waals surface area contributed by atoms with E-state index in [1.165, 1.54) is 55.2 Å². The van der Waals surface area contributed by atoms with Crippen LogP contribution in [0.3, 0.4) is 0 Å². The van der Waals surface area contributed by atoms with Gasteiger partial charge >= 0.3 is 0 Å². The minimum absolute atomic E-state index is 0.109. The lowest BCUT2D eigenvalue weighted by Gasteiger charge is -2.18. The van der Waals surface area contributed by atoms with Crippen molar-refractivity contribution in [2.45, 2.75) is 103 Å². The van der Waals surface area contributed by atoms with E-state index in [0.29, 0.717) is 0 Å². The van der Waals surface area contributed by atoms with E-state index in [0.717, 1.165) is 115 Å². The molecule has 8 aromatic rings. The number of aromatic nitrogens is 4. The number of fused-ring (bicyclic) bond motifs is 4. The molecular formula is C58H64N6O3. The third-order valence-electron chi connectivity index (χ3n) is 13.7. The minimum Gasteiger partial charge on any atom is -0.386 e. The normalized spacial score (nSPS) is 15.3. The highest BCUT2D eigenvalue weighted by Gasteiger charge is 2.27. The first kappa shape index (κ1) is 45.6. The molecule has 0 bridgehead atoms. The number of rotatable bonds is 16. The molecule has 4 heterocycles. The summed E-state index contributed by atoms with van der Waals surface area (Å²) >= 11 is 0. The highest BCUT2D eigenvalue weighted by molar-refractivity contribution is 5.93. The van der Waals surface area contributed by atoms with Crippen LogP contribution in [0, 0.1) is 0 Å². The number of anilines is 4. The van der Waals surface area contributed by atoms with Crippen molar-refractivity contribution < 1.29 is 14.6 Å². The number of nitrogens with zero attached hydrogens (tertiary/aromatic N) is 2. The fourth-order valence-corrected chi connectivity index (χ4v) is 10.1. The molecule has 9 nitrogen and oxygen atoms in total. The maximum absolute atomic E-state index is 10.5. The number of ether oxygens (including phenoxy) is 2. The Morgan fingerprint density at radius 1 is 0.657 bits per heavy atom. The van der Waals surface area contributed by atoms with Crippen molar-refractivity contribution in [1.82, 2.24) is 19.9 Å². The molecule has 0 saturated carbocycles. The number of aryl methyl sites for hydroxylation is 4. The van der Waals surface area contributed by atoms with Crippen LogP contribution in [0.25, 0.3) is 27.4 Å². The molecule has 0 radical (unpaired) electrons. The smallest absolute Gasteiger partial charge is 0.0997 e. The predicted octanol–water partition coefficient (Wildman–Crippen LogP) is 13.5. The van der Waals surface area contributed by atoms with Gasteiger partial charge in [-0.25, -0.2) is 0 Å². The monoisotopic (exact) mass is 893 g/mol. The summed E-state index contributed by atoms with van der Waals surface area (Å²) in [6.45, 7) is 9.84. The number of para-hydroxylation sites is 2. The van der Waals surface area contributed by atoms with Crippen molar-refractivity contribution in [1.29, 1.82) is 0 Å². The lowest BCUT2D eigenvalue weighted by Crippen LogP contribution is -2.15. The number of allylic oxidation sites excluding steroid dienone is 1. The number of hydrogen-bond acceptors (Lipinski definition) is 7. The summed E-state index contributed by atoms with van der Waals surface area (Å²) in [5, 5.41) is 20.1. The van der Waals surface area contributed by atoms with Crippen LogP contribution in [0.5, 0.6) is 0 Å². The Morgan fingerprint density at radius 2 is 1.13 bits per heavy atom. The molecule has 2 aliphatic carbocycles. The van der Waals surface area contributed by atoms with Gasteiger partial charge in [0.2, 0.25) is 0 Å². The molecule has 344 valence electrons. The highest BCUT2D eigenvalue weighted by Crippen LogP contribution is 2.39. The molecule has 2 unspecified atom stereocenters. The van der Waals surface area contributed by atoms with E-state index in [9.17, 15) is 5.11 Å². The zero-order valence-electron chi connectivity index (χ0n) is 39.6. The maximum atomic E-state index is 10.5. The quantitative estimate of drug-likeness (QED) is 0.0655. The largest absolute Gasteiger partial charge is 0.386 e. The summed E-state index contributed by atoms with van der Waals surface area (Å²) < 4.78 is 11.1. The van der Waals surface area contributed by atoms with Gasteiger partial charge in [-0.15, -0.1) is 0 Å². The van der Waals surface area contributed by atoms with E-state index in [4.69, 9.17) is 9.47 Å². The Balaban J connectivity index is 0.000000168. The van der Waals surface area contributed by atoms with Gasteiger partial charge in [-0.2, -0.15) is 0 Å². The zero-order chi connectivity index (χ0) is 46.5. The number of pyridine rings is 2. The summed E-state index contributed by atoms with van der Waals surface area (Å²) in [5.74, 6) is 0. The van der Waals surface area contributed by atoms with Gasteiger partial charge in [-0.1, -0.05) is 67.2 Å². The number of nitrogens with one attached hydrogen (secondary N) is 4. The average molecular weight is 893 g/mol. The Kier molecular flexibility index (Phi) is 13.7. The van der Waals surface area contributed by atoms with Crippen LogP contribution in [-0.2, 0) is 53.6 Å². The molecular weight excluding hydrogens is 829 g/mol. The molecule has 10 rings (SSSR count). The number of aromatic amines is 2. The molecule has 4 aromatic carbocycles. The molecule has 0 aliphatic heterocycles. The topological polar surface area (TPSA) is 120 Å². The number of H-pyrrole nitrogens is 2. The van der Waals surface area contributed by atoms with Crippen molar-refractivity contribution in [3.05, 3.63) is 184 Å². The van der Waals surface area contributed by atoms with Crippen molar-refractivity contribution in [2.24, 2.45) is 0 Å². The fourth-order valence-electron chi connectivity index (χ4n) is 10.1. The molecule has 2 atom stereocenters. The molecule has 4 aromatic heterocycles. The van der Waals surface area contributed by atoms with Crippen LogP contribution < -0.4 is 10.6 Å². The van der Waals surface area contributed by atoms with Crippen LogP contribution in [0.2, 0.25) is 0 Å². The Labute approximate surface area is 395 Å². The van der Waals surface area contributed by atoms with Crippen molar-refractivity contribution in [2.75, 3.05) is 24.9 Å². The third-order valence-corrected chi connectivity index (χ3v) is 13.7. The van der Waals surface area contributed by atoms with E-state index in [1.807, 2.05) is 38.4 Å². The van der Waals surface area contributed by atoms with E-state index in [-0.39, 0.29) is 12.2 Å². The summed E-state index contributed by atoms with van der Waals surface area (Å²) in [4.78, 5) is 15.9. The first-order valence-electron chi connectivity index (χ1n) is 23.9. The van der Waals surface area contributed by atoms with Gasteiger partial charge in [0.05, 0.1) is 40.2 Å². The van der Waals surface area contributed by atoms with Crippen LogP contribution >= 0.6 is 0 Å². The van der Waals surface area contributed by atoms with E-state index < -0.39 is 5.60 Å². The molecule has 0 saturated heterocycles. The number of methoxy groups -OCH3 is 2. The van der Waals surface area contributed by atoms with Crippen molar-refractivity contribution >= 4 is 50.1 Å². The maximum Gasteiger partial charge on any atom is 0.0997 e. The SMILES string of the molecule is C=C(C)c1cccc2c(CCCc3ccc(Nc4ccnc5c4CCC5OC)cc3)c[nH]c12.COC1CCc2c(Nc3ccc(CCCc4c[nH]c5c(C(C)(C)O)cccc45)cc3)ccnc21. The number of benzene rings is 4. The van der Waals surface area contributed by atoms with Gasteiger partial charge in [0.25, 0.3) is 0 Å². The Bertz CT molecular complexity index is 2980. The molecule has 5 N–H and O–H groups in total. The van der Waals surface area contributed by atoms with Gasteiger partial charge in [0.1, 0.15) is 0 Å². The molecule has 9 heteroatoms. The summed E-state index contributed by atoms with van der Waals surface area (Å²) in [5.41, 5.74) is 19.2. The highest BCUT2D eigenvalue weighted by atomic mass is 16.5. The van der Waals surface area contributed by atoms with Crippen LogP contribution in [0.4, 0.5) is 22.7 Å². The van der Waals surface area contributed by atoms with Gasteiger partial charge in [-0.3, -0.25) is 9.97 Å². The lowest BCUT2D eigenvalue weighted by molar-refractivity contribution is 0.0800. The zero-order valence-corrected chi connectivity index (χ0v) is 39.6. The predicted molar refractivity (Wildman–Crippen MR) is 275 cm³/mol. The summed E-state index contributed by atoms with van der Waals surface area (Å²) in [6, 6.07) is 34.3. The van der Waals surface area contributed by atoms with Crippen LogP contribution in [0.15, 0.2) is 128 Å². The van der Waals surface area contributed by atoms with Crippen LogP contribution in [0.1, 0.15) is 115 Å². The molecule has 0 fully saturated rings. The average Bonchev–Trinajstić information content (AvgIpc) is 4.16. The second-order valence-corrected chi connectivity index (χ2v) is 18.7. The second-order valence-electron chi connectivity index (χ2n) is 18.7. The van der Waals surface area contributed by atoms with Gasteiger partial charge in [0.15, 0.2) is 0 Å². The first-order chi connectivity index (χ1) is 32.6. The van der Waals surface area contributed by atoms with Gasteiger partial charge < -0.3 is 35.2 Å². The second kappa shape index (κ2) is 20.1. The minimum atomic E-state index is -0.862. The standard InChI is InChI=1S/C29H33N3O2.C29H31N3O/c1-29(2,33)24-9-5-8-22-20(18-31-27(22)24)7-4-6-19-10-12-21(13-11-19)32-25-16-17-30-28-23(25)14-15-26(28)34-3;1-19(2)23-8-5-9-24-21(18-31-28(23)24)7-4-6-20-10-12-22(13-11-20)32-26-16-17-30-29-25(26)14-15-27(29)33-3/h5,8-13,16-18,26,31,33H,4,6-7,14-15H2,1-3H3,(H,30,32);5,8-13,16-18,27,31H,1,4,6-7,14-15H2,2-3H3,(H,30,32). The molecule has 0 amide bonds. The first-order valence-corrected chi connectivity index (χ1v) is 23.9. The fraction of sp³-hybridized carbons (Fsp3) is 0.310. The van der Waals surface area contributed by atoms with E-state index >= 15 is 0 Å². The van der Waals surface area contributed by atoms with Crippen LogP contribution in [-0.4, -0.2) is 39.3 Å². The molecule has 67 heavy (non-hydrogen) atoms.